The van der Waals surface area contributed by atoms with Gasteiger partial charge in [-0.2, -0.15) is 0 Å². The summed E-state index contributed by atoms with van der Waals surface area (Å²) >= 11 is 0. The van der Waals surface area contributed by atoms with Crippen molar-refractivity contribution in [1.29, 1.82) is 0 Å². The molecule has 0 spiro atoms. The van der Waals surface area contributed by atoms with Crippen molar-refractivity contribution in [2.45, 2.75) is 0 Å². The highest BCUT2D eigenvalue weighted by atomic mass is 19.1. The molecule has 0 unspecified atom stereocenters. The van der Waals surface area contributed by atoms with E-state index in [0.29, 0.717) is 17.0 Å². The lowest BCUT2D eigenvalue weighted by Gasteiger charge is -2.09. The average molecular weight is 317 g/mol. The molecule has 0 saturated carbocycles. The summed E-state index contributed by atoms with van der Waals surface area (Å²) in [6.07, 6.45) is 0. The lowest BCUT2D eigenvalue weighted by molar-refractivity contribution is 0.0947. The van der Waals surface area contributed by atoms with Gasteiger partial charge in [0.2, 0.25) is 0 Å². The summed E-state index contributed by atoms with van der Waals surface area (Å²) < 4.78 is 18.1. The molecule has 23 heavy (non-hydrogen) atoms. The van der Waals surface area contributed by atoms with Crippen molar-refractivity contribution in [2.24, 2.45) is 5.73 Å². The van der Waals surface area contributed by atoms with Gasteiger partial charge in [-0.25, -0.2) is 9.18 Å². The van der Waals surface area contributed by atoms with Crippen LogP contribution < -0.4 is 21.1 Å². The van der Waals surface area contributed by atoms with Crippen LogP contribution in [0.5, 0.6) is 5.75 Å². The third kappa shape index (κ3) is 5.31. The van der Waals surface area contributed by atoms with E-state index < -0.39 is 6.03 Å². The summed E-state index contributed by atoms with van der Waals surface area (Å²) in [7, 11) is 0. The summed E-state index contributed by atoms with van der Waals surface area (Å²) in [4.78, 5) is 22.8. The first kappa shape index (κ1) is 16.3. The lowest BCUT2D eigenvalue weighted by Crippen LogP contribution is -2.28. The van der Waals surface area contributed by atoms with Crippen molar-refractivity contribution in [3.63, 3.8) is 0 Å². The van der Waals surface area contributed by atoms with Crippen LogP contribution >= 0.6 is 0 Å². The van der Waals surface area contributed by atoms with Gasteiger partial charge in [-0.05, 0) is 42.5 Å². The van der Waals surface area contributed by atoms with E-state index in [1.165, 1.54) is 30.3 Å². The largest absolute Gasteiger partial charge is 0.492 e. The smallest absolute Gasteiger partial charge is 0.316 e. The van der Waals surface area contributed by atoms with Crippen molar-refractivity contribution < 1.29 is 18.7 Å². The molecule has 2 aromatic carbocycles. The van der Waals surface area contributed by atoms with Crippen molar-refractivity contribution in [1.82, 2.24) is 5.32 Å². The van der Waals surface area contributed by atoms with Crippen LogP contribution in [0.4, 0.5) is 14.9 Å². The van der Waals surface area contributed by atoms with Crippen LogP contribution in [0.1, 0.15) is 10.4 Å². The Morgan fingerprint density at radius 1 is 1.13 bits per heavy atom. The molecule has 0 saturated heterocycles. The fourth-order valence-electron chi connectivity index (χ4n) is 1.85. The van der Waals surface area contributed by atoms with Gasteiger partial charge in [-0.1, -0.05) is 6.07 Å². The van der Waals surface area contributed by atoms with Crippen LogP contribution in [0.15, 0.2) is 48.5 Å². The van der Waals surface area contributed by atoms with Gasteiger partial charge in [0, 0.05) is 11.3 Å². The summed E-state index contributed by atoms with van der Waals surface area (Å²) in [5, 5.41) is 5.08. The number of carbonyl (C=O) groups is 2. The van der Waals surface area contributed by atoms with Gasteiger partial charge in [0.15, 0.2) is 0 Å². The first-order valence-electron chi connectivity index (χ1n) is 6.87. The first-order chi connectivity index (χ1) is 11.0. The Bertz CT molecular complexity index is 689. The number of carbonyl (C=O) groups excluding carboxylic acids is 2. The third-order valence-electron chi connectivity index (χ3n) is 2.86. The van der Waals surface area contributed by atoms with E-state index in [4.69, 9.17) is 10.5 Å². The molecular weight excluding hydrogens is 301 g/mol. The minimum atomic E-state index is -0.699. The second-order valence-corrected chi connectivity index (χ2v) is 4.63. The highest BCUT2D eigenvalue weighted by molar-refractivity contribution is 5.96. The van der Waals surface area contributed by atoms with Gasteiger partial charge < -0.3 is 21.1 Å². The van der Waals surface area contributed by atoms with Crippen molar-refractivity contribution >= 4 is 17.6 Å². The molecule has 0 aliphatic rings. The van der Waals surface area contributed by atoms with Gasteiger partial charge in [-0.15, -0.1) is 0 Å². The molecule has 120 valence electrons. The molecule has 0 atom stereocenters. The maximum Gasteiger partial charge on any atom is 0.316 e. The number of ether oxygens (including phenoxy) is 1. The number of nitrogens with two attached hydrogens (primary N) is 1. The van der Waals surface area contributed by atoms with Crippen LogP contribution in [0.3, 0.4) is 0 Å². The van der Waals surface area contributed by atoms with E-state index in [-0.39, 0.29) is 24.9 Å². The second kappa shape index (κ2) is 7.79. The van der Waals surface area contributed by atoms with Crippen LogP contribution in [0, 0.1) is 5.82 Å². The highest BCUT2D eigenvalue weighted by Crippen LogP contribution is 2.11. The molecule has 0 heterocycles. The number of rotatable bonds is 6. The molecule has 0 aliphatic heterocycles. The molecule has 4 N–H and O–H groups in total. The minimum Gasteiger partial charge on any atom is -0.492 e. The summed E-state index contributed by atoms with van der Waals surface area (Å²) in [6, 6.07) is 11.3. The zero-order valence-corrected chi connectivity index (χ0v) is 12.2. The van der Waals surface area contributed by atoms with Crippen molar-refractivity contribution in [2.75, 3.05) is 18.5 Å². The normalized spacial score (nSPS) is 9.96. The minimum absolute atomic E-state index is 0.247. The zero-order valence-electron chi connectivity index (χ0n) is 12.2. The van der Waals surface area contributed by atoms with Crippen LogP contribution in [-0.2, 0) is 0 Å². The molecule has 7 heteroatoms. The Balaban J connectivity index is 1.80. The Hall–Kier alpha value is -3.09. The Kier molecular flexibility index (Phi) is 5.51. The summed E-state index contributed by atoms with van der Waals surface area (Å²) in [6.45, 7) is 0.528. The number of hydrogen-bond donors (Lipinski definition) is 3. The van der Waals surface area contributed by atoms with Gasteiger partial charge >= 0.3 is 6.03 Å². The highest BCUT2D eigenvalue weighted by Gasteiger charge is 2.06. The van der Waals surface area contributed by atoms with Crippen molar-refractivity contribution in [3.05, 3.63) is 59.9 Å². The molecule has 0 radical (unpaired) electrons. The standard InChI is InChI=1S/C16H16FN3O3/c17-12-4-6-14(7-5-12)23-9-8-19-15(21)11-2-1-3-13(10-11)20-16(18)22/h1-7,10H,8-9H2,(H,19,21)(H3,18,20,22). The van der Waals surface area contributed by atoms with Gasteiger partial charge in [-0.3, -0.25) is 4.79 Å². The fraction of sp³-hybridized carbons (Fsp3) is 0.125. The van der Waals surface area contributed by atoms with E-state index in [2.05, 4.69) is 10.6 Å². The molecule has 0 aromatic heterocycles. The molecule has 0 fully saturated rings. The van der Waals surface area contributed by atoms with E-state index in [0.717, 1.165) is 0 Å². The number of nitrogens with one attached hydrogen (secondary N) is 2. The second-order valence-electron chi connectivity index (χ2n) is 4.63. The third-order valence-corrected chi connectivity index (χ3v) is 2.86. The number of hydrogen-bond acceptors (Lipinski definition) is 3. The van der Waals surface area contributed by atoms with Gasteiger partial charge in [0.1, 0.15) is 18.2 Å². The molecule has 6 nitrogen and oxygen atoms in total. The van der Waals surface area contributed by atoms with Gasteiger partial charge in [0.05, 0.1) is 6.54 Å². The number of urea groups is 1. The monoisotopic (exact) mass is 317 g/mol. The zero-order chi connectivity index (χ0) is 16.7. The van der Waals surface area contributed by atoms with Gasteiger partial charge in [0.25, 0.3) is 5.91 Å². The predicted molar refractivity (Wildman–Crippen MR) is 83.9 cm³/mol. The first-order valence-corrected chi connectivity index (χ1v) is 6.87. The molecule has 0 bridgehead atoms. The van der Waals surface area contributed by atoms with E-state index in [1.54, 1.807) is 18.2 Å². The number of primary amides is 1. The van der Waals surface area contributed by atoms with Crippen LogP contribution in [-0.4, -0.2) is 25.1 Å². The Labute approximate surface area is 132 Å². The number of benzene rings is 2. The quantitative estimate of drug-likeness (QED) is 0.712. The topological polar surface area (TPSA) is 93.5 Å². The molecule has 3 amide bonds. The SMILES string of the molecule is NC(=O)Nc1cccc(C(=O)NCCOc2ccc(F)cc2)c1. The lowest BCUT2D eigenvalue weighted by atomic mass is 10.2. The Morgan fingerprint density at radius 3 is 2.57 bits per heavy atom. The fourth-order valence-corrected chi connectivity index (χ4v) is 1.85. The maximum absolute atomic E-state index is 12.7. The molecular formula is C16H16FN3O3. The summed E-state index contributed by atoms with van der Waals surface area (Å²) in [5.41, 5.74) is 5.85. The van der Waals surface area contributed by atoms with E-state index in [9.17, 15) is 14.0 Å². The number of anilines is 1. The molecule has 0 aliphatic carbocycles. The molecule has 2 aromatic rings. The average Bonchev–Trinajstić information content (AvgIpc) is 2.52. The summed E-state index contributed by atoms with van der Waals surface area (Å²) in [5.74, 6) is -0.121. The maximum atomic E-state index is 12.7. The van der Waals surface area contributed by atoms with E-state index >= 15 is 0 Å². The van der Waals surface area contributed by atoms with Crippen molar-refractivity contribution in [3.8, 4) is 5.75 Å². The number of amides is 3. The predicted octanol–water partition coefficient (Wildman–Crippen LogP) is 2.13. The van der Waals surface area contributed by atoms with E-state index in [1.807, 2.05) is 0 Å². The van der Waals surface area contributed by atoms with Crippen LogP contribution in [0.25, 0.3) is 0 Å². The number of halogens is 1. The Morgan fingerprint density at radius 2 is 1.87 bits per heavy atom. The molecule has 2 rings (SSSR count). The van der Waals surface area contributed by atoms with Crippen LogP contribution in [0.2, 0.25) is 0 Å².